The van der Waals surface area contributed by atoms with E-state index in [2.05, 4.69) is 71.3 Å². The van der Waals surface area contributed by atoms with Crippen molar-refractivity contribution in [1.29, 1.82) is 0 Å². The SMILES string of the molecule is Cc1ccc([C@H]2CN(C)Cc3cc(-c4cncnc4)ccc32)cc1. The fourth-order valence-corrected chi connectivity index (χ4v) is 3.56. The number of hydrogen-bond donors (Lipinski definition) is 0. The Bertz CT molecular complexity index is 841. The summed E-state index contributed by atoms with van der Waals surface area (Å²) in [5.41, 5.74) is 7.80. The molecule has 1 aliphatic rings. The van der Waals surface area contributed by atoms with Crippen LogP contribution in [-0.2, 0) is 6.54 Å². The maximum absolute atomic E-state index is 4.14. The summed E-state index contributed by atoms with van der Waals surface area (Å²) in [4.78, 5) is 10.7. The molecule has 4 rings (SSSR count). The first-order valence-electron chi connectivity index (χ1n) is 8.34. The maximum Gasteiger partial charge on any atom is 0.115 e. The second-order valence-corrected chi connectivity index (χ2v) is 6.70. The molecule has 1 aliphatic heterocycles. The number of aromatic nitrogens is 2. The lowest BCUT2D eigenvalue weighted by Gasteiger charge is -2.33. The topological polar surface area (TPSA) is 29.0 Å². The zero-order valence-corrected chi connectivity index (χ0v) is 14.1. The van der Waals surface area contributed by atoms with Crippen molar-refractivity contribution in [2.24, 2.45) is 0 Å². The van der Waals surface area contributed by atoms with Crippen LogP contribution in [0.2, 0.25) is 0 Å². The van der Waals surface area contributed by atoms with Crippen LogP contribution < -0.4 is 0 Å². The third-order valence-electron chi connectivity index (χ3n) is 4.83. The molecule has 0 fully saturated rings. The second kappa shape index (κ2) is 6.17. The van der Waals surface area contributed by atoms with E-state index in [0.29, 0.717) is 5.92 Å². The quantitative estimate of drug-likeness (QED) is 0.715. The van der Waals surface area contributed by atoms with Crippen LogP contribution in [0.1, 0.15) is 28.2 Å². The van der Waals surface area contributed by atoms with Gasteiger partial charge in [-0.1, -0.05) is 42.0 Å². The Morgan fingerprint density at radius 1 is 0.958 bits per heavy atom. The summed E-state index contributed by atoms with van der Waals surface area (Å²) in [6.07, 6.45) is 5.32. The van der Waals surface area contributed by atoms with E-state index >= 15 is 0 Å². The van der Waals surface area contributed by atoms with Crippen LogP contribution in [-0.4, -0.2) is 28.5 Å². The molecule has 3 nitrogen and oxygen atoms in total. The normalized spacial score (nSPS) is 17.5. The standard InChI is InChI=1S/C21H21N3/c1-15-3-5-16(6-4-15)21-13-24(2)12-18-9-17(7-8-20(18)21)19-10-22-14-23-11-19/h3-11,14,21H,12-13H2,1-2H3/t21-/m1/s1. The van der Waals surface area contributed by atoms with Crippen molar-refractivity contribution < 1.29 is 0 Å². The highest BCUT2D eigenvalue weighted by molar-refractivity contribution is 5.64. The van der Waals surface area contributed by atoms with Gasteiger partial charge in [0.2, 0.25) is 0 Å². The van der Waals surface area contributed by atoms with Gasteiger partial charge in [-0.05, 0) is 42.3 Å². The number of aryl methyl sites for hydroxylation is 1. The molecule has 0 spiro atoms. The van der Waals surface area contributed by atoms with Crippen molar-refractivity contribution in [3.63, 3.8) is 0 Å². The molecule has 3 heteroatoms. The summed E-state index contributed by atoms with van der Waals surface area (Å²) < 4.78 is 0. The summed E-state index contributed by atoms with van der Waals surface area (Å²) in [5.74, 6) is 0.431. The van der Waals surface area contributed by atoms with E-state index in [1.165, 1.54) is 27.8 Å². The van der Waals surface area contributed by atoms with Crippen molar-refractivity contribution in [3.8, 4) is 11.1 Å². The predicted molar refractivity (Wildman–Crippen MR) is 96.8 cm³/mol. The third-order valence-corrected chi connectivity index (χ3v) is 4.83. The van der Waals surface area contributed by atoms with Crippen molar-refractivity contribution in [1.82, 2.24) is 14.9 Å². The van der Waals surface area contributed by atoms with Gasteiger partial charge in [0.25, 0.3) is 0 Å². The first kappa shape index (κ1) is 15.0. The van der Waals surface area contributed by atoms with Crippen LogP contribution in [0.15, 0.2) is 61.2 Å². The van der Waals surface area contributed by atoms with Gasteiger partial charge in [0.05, 0.1) is 0 Å². The fourth-order valence-electron chi connectivity index (χ4n) is 3.56. The Kier molecular flexibility index (Phi) is 3.87. The van der Waals surface area contributed by atoms with Crippen molar-refractivity contribution >= 4 is 0 Å². The zero-order chi connectivity index (χ0) is 16.5. The lowest BCUT2D eigenvalue weighted by molar-refractivity contribution is 0.295. The van der Waals surface area contributed by atoms with E-state index in [9.17, 15) is 0 Å². The minimum atomic E-state index is 0.431. The molecule has 0 aliphatic carbocycles. The van der Waals surface area contributed by atoms with E-state index in [1.54, 1.807) is 6.33 Å². The number of hydrogen-bond acceptors (Lipinski definition) is 3. The van der Waals surface area contributed by atoms with Crippen LogP contribution in [0.25, 0.3) is 11.1 Å². The number of benzene rings is 2. The Morgan fingerprint density at radius 3 is 2.46 bits per heavy atom. The molecule has 0 saturated carbocycles. The molecule has 1 atom stereocenters. The zero-order valence-electron chi connectivity index (χ0n) is 14.1. The molecule has 2 aromatic carbocycles. The van der Waals surface area contributed by atoms with Crippen LogP contribution in [0.4, 0.5) is 0 Å². The number of likely N-dealkylation sites (N-methyl/N-ethyl adjacent to an activating group) is 1. The van der Waals surface area contributed by atoms with Gasteiger partial charge in [0.1, 0.15) is 6.33 Å². The molecule has 0 N–H and O–H groups in total. The third kappa shape index (κ3) is 2.83. The number of fused-ring (bicyclic) bond motifs is 1. The smallest absolute Gasteiger partial charge is 0.115 e. The summed E-state index contributed by atoms with van der Waals surface area (Å²) in [6.45, 7) is 4.18. The summed E-state index contributed by atoms with van der Waals surface area (Å²) in [5, 5.41) is 0. The van der Waals surface area contributed by atoms with Crippen molar-refractivity contribution in [3.05, 3.63) is 83.4 Å². The molecule has 0 saturated heterocycles. The van der Waals surface area contributed by atoms with E-state index in [0.717, 1.165) is 18.7 Å². The largest absolute Gasteiger partial charge is 0.301 e. The molecule has 2 heterocycles. The highest BCUT2D eigenvalue weighted by atomic mass is 15.1. The van der Waals surface area contributed by atoms with E-state index in [-0.39, 0.29) is 0 Å². The highest BCUT2D eigenvalue weighted by Gasteiger charge is 2.25. The van der Waals surface area contributed by atoms with Gasteiger partial charge >= 0.3 is 0 Å². The maximum atomic E-state index is 4.14. The minimum absolute atomic E-state index is 0.431. The molecule has 0 amide bonds. The van der Waals surface area contributed by atoms with Gasteiger partial charge in [-0.15, -0.1) is 0 Å². The Balaban J connectivity index is 1.76. The Morgan fingerprint density at radius 2 is 1.71 bits per heavy atom. The molecule has 120 valence electrons. The van der Waals surface area contributed by atoms with Gasteiger partial charge in [0, 0.05) is 37.0 Å². The van der Waals surface area contributed by atoms with Gasteiger partial charge < -0.3 is 4.90 Å². The summed E-state index contributed by atoms with van der Waals surface area (Å²) >= 11 is 0. The lowest BCUT2D eigenvalue weighted by atomic mass is 9.83. The molecule has 0 unspecified atom stereocenters. The first-order chi connectivity index (χ1) is 11.7. The second-order valence-electron chi connectivity index (χ2n) is 6.70. The number of nitrogens with zero attached hydrogens (tertiary/aromatic N) is 3. The Hall–Kier alpha value is -2.52. The van der Waals surface area contributed by atoms with Gasteiger partial charge in [-0.2, -0.15) is 0 Å². The van der Waals surface area contributed by atoms with E-state index < -0.39 is 0 Å². The van der Waals surface area contributed by atoms with E-state index in [1.807, 2.05) is 12.4 Å². The molecule has 24 heavy (non-hydrogen) atoms. The van der Waals surface area contributed by atoms with Crippen LogP contribution in [0.5, 0.6) is 0 Å². The lowest BCUT2D eigenvalue weighted by Crippen LogP contribution is -2.31. The number of rotatable bonds is 2. The van der Waals surface area contributed by atoms with Crippen LogP contribution in [0, 0.1) is 6.92 Å². The van der Waals surface area contributed by atoms with Gasteiger partial charge in [-0.3, -0.25) is 0 Å². The molecule has 3 aromatic rings. The highest BCUT2D eigenvalue weighted by Crippen LogP contribution is 2.35. The fraction of sp³-hybridized carbons (Fsp3) is 0.238. The summed E-state index contributed by atoms with van der Waals surface area (Å²) in [6, 6.07) is 15.7. The molecular weight excluding hydrogens is 294 g/mol. The Labute approximate surface area is 143 Å². The van der Waals surface area contributed by atoms with Crippen molar-refractivity contribution in [2.75, 3.05) is 13.6 Å². The molecule has 1 aromatic heterocycles. The van der Waals surface area contributed by atoms with Crippen LogP contribution in [0.3, 0.4) is 0 Å². The summed E-state index contributed by atoms with van der Waals surface area (Å²) in [7, 11) is 2.20. The van der Waals surface area contributed by atoms with E-state index in [4.69, 9.17) is 0 Å². The van der Waals surface area contributed by atoms with Crippen LogP contribution >= 0.6 is 0 Å². The average molecular weight is 315 g/mol. The van der Waals surface area contributed by atoms with Crippen molar-refractivity contribution in [2.45, 2.75) is 19.4 Å². The first-order valence-corrected chi connectivity index (χ1v) is 8.34. The molecule has 0 radical (unpaired) electrons. The average Bonchev–Trinajstić information content (AvgIpc) is 2.62. The van der Waals surface area contributed by atoms with Gasteiger partial charge in [-0.25, -0.2) is 9.97 Å². The molecule has 0 bridgehead atoms. The monoisotopic (exact) mass is 315 g/mol. The predicted octanol–water partition coefficient (Wildman–Crippen LogP) is 4.03. The van der Waals surface area contributed by atoms with Gasteiger partial charge in [0.15, 0.2) is 0 Å². The molecular formula is C21H21N3. The minimum Gasteiger partial charge on any atom is -0.301 e.